The van der Waals surface area contributed by atoms with E-state index in [0.717, 1.165) is 102 Å². The number of ether oxygens (including phenoxy) is 10. The molecular formula is C66H72O14. The molecule has 420 valence electrons. The fourth-order valence-corrected chi connectivity index (χ4v) is 9.75. The fraction of sp³-hybridized carbons (Fsp3) is 0.364. The summed E-state index contributed by atoms with van der Waals surface area (Å²) in [5, 5.41) is 1.75. The molecule has 6 aromatic carbocycles. The van der Waals surface area contributed by atoms with Crippen LogP contribution in [0.1, 0.15) is 82.3 Å². The van der Waals surface area contributed by atoms with Crippen molar-refractivity contribution in [1.82, 2.24) is 0 Å². The maximum absolute atomic E-state index is 11.8. The van der Waals surface area contributed by atoms with Gasteiger partial charge in [-0.2, -0.15) is 0 Å². The molecule has 14 heteroatoms. The minimum Gasteiger partial charge on any atom is -0.494 e. The molecule has 8 aromatic rings. The Morgan fingerprint density at radius 2 is 0.575 bits per heavy atom. The van der Waals surface area contributed by atoms with Gasteiger partial charge in [0.05, 0.1) is 66.1 Å². The van der Waals surface area contributed by atoms with Crippen LogP contribution in [0, 0.1) is 13.8 Å². The van der Waals surface area contributed by atoms with Gasteiger partial charge in [-0.15, -0.1) is 0 Å². The van der Waals surface area contributed by atoms with Crippen LogP contribution in [0.3, 0.4) is 0 Å². The van der Waals surface area contributed by atoms with Gasteiger partial charge in [-0.1, -0.05) is 38.1 Å². The summed E-state index contributed by atoms with van der Waals surface area (Å²) in [6, 6.07) is 40.2. The molecule has 0 atom stereocenters. The molecule has 0 radical (unpaired) electrons. The Balaban J connectivity index is 0.804. The van der Waals surface area contributed by atoms with Gasteiger partial charge in [0, 0.05) is 35.0 Å². The van der Waals surface area contributed by atoms with Crippen molar-refractivity contribution in [2.24, 2.45) is 0 Å². The first-order valence-electron chi connectivity index (χ1n) is 27.8. The highest BCUT2D eigenvalue weighted by Gasteiger charge is 2.14. The number of fused-ring (bicyclic) bond motifs is 10. The lowest BCUT2D eigenvalue weighted by atomic mass is 9.93. The van der Waals surface area contributed by atoms with E-state index in [4.69, 9.17) is 56.2 Å². The first kappa shape index (κ1) is 57.1. The Morgan fingerprint density at radius 1 is 0.312 bits per heavy atom. The average molecular weight is 1090 g/mol. The zero-order valence-electron chi connectivity index (χ0n) is 46.4. The highest BCUT2D eigenvalue weighted by Crippen LogP contribution is 2.31. The predicted molar refractivity (Wildman–Crippen MR) is 308 cm³/mol. The SMILES string of the molecule is CCCOc1cc2cc(c1)Cc1cc(cc(OCCOCCOCCOc3ccc4c(C)cc(=O)oc4c3)c1)Cc1cc(cc(OCCC)c1)Cc1cc(cc(OCCOCCOCCOc3ccc4c(C)cc(=O)oc4c3)c1)C2. The van der Waals surface area contributed by atoms with Crippen LogP contribution in [-0.2, 0) is 44.6 Å². The minimum atomic E-state index is -0.382. The first-order valence-corrected chi connectivity index (χ1v) is 27.8. The van der Waals surface area contributed by atoms with E-state index in [-0.39, 0.29) is 11.3 Å². The lowest BCUT2D eigenvalue weighted by Gasteiger charge is -2.17. The molecular weight excluding hydrogens is 1020 g/mol. The lowest BCUT2D eigenvalue weighted by Crippen LogP contribution is -2.13. The van der Waals surface area contributed by atoms with Gasteiger partial charge in [0.25, 0.3) is 0 Å². The van der Waals surface area contributed by atoms with E-state index in [2.05, 4.69) is 86.6 Å². The van der Waals surface area contributed by atoms with Gasteiger partial charge >= 0.3 is 11.3 Å². The molecule has 80 heavy (non-hydrogen) atoms. The normalized spacial score (nSPS) is 12.2. The second-order valence-electron chi connectivity index (χ2n) is 20.0. The lowest BCUT2D eigenvalue weighted by molar-refractivity contribution is 0.0273. The Kier molecular flexibility index (Phi) is 20.7. The number of hydrogen-bond donors (Lipinski definition) is 0. The highest BCUT2D eigenvalue weighted by atomic mass is 16.6. The van der Waals surface area contributed by atoms with Crippen molar-refractivity contribution in [2.45, 2.75) is 66.2 Å². The van der Waals surface area contributed by atoms with Crippen LogP contribution in [0.5, 0.6) is 34.5 Å². The van der Waals surface area contributed by atoms with Gasteiger partial charge in [0.2, 0.25) is 0 Å². The highest BCUT2D eigenvalue weighted by molar-refractivity contribution is 5.82. The van der Waals surface area contributed by atoms with Gasteiger partial charge < -0.3 is 56.2 Å². The molecule has 0 N–H and O–H groups in total. The van der Waals surface area contributed by atoms with Crippen molar-refractivity contribution >= 4 is 21.9 Å². The summed E-state index contributed by atoms with van der Waals surface area (Å²) in [5.41, 5.74) is 11.1. The van der Waals surface area contributed by atoms with Gasteiger partial charge in [0.15, 0.2) is 0 Å². The fourth-order valence-electron chi connectivity index (χ4n) is 9.75. The standard InChI is InChI=1S/C66H72O14/c1-5-11-73-57-35-47-27-48(36-57)30-52-34-54(42-60(40-52)78-24-20-72-16-14-70-18-22-76-56-8-10-62-46(4)26-66(68)80-64(62)44-56)32-50-28-49(37-58(38-50)74-12-6-2)31-53-33-51(29-47)39-59(41-53)77-23-19-71-15-13-69-17-21-75-55-7-9-61-45(3)25-65(67)79-63(61)43-55/h7-10,25-28,33-44H,5-6,11-24,29-32H2,1-4H3. The van der Waals surface area contributed by atoms with Gasteiger partial charge in [-0.3, -0.25) is 0 Å². The monoisotopic (exact) mass is 1090 g/mol. The summed E-state index contributed by atoms with van der Waals surface area (Å²) in [7, 11) is 0. The Labute approximate surface area is 467 Å². The van der Waals surface area contributed by atoms with Crippen molar-refractivity contribution in [3.63, 3.8) is 0 Å². The number of aryl methyl sites for hydroxylation is 2. The van der Waals surface area contributed by atoms with E-state index in [1.54, 1.807) is 12.1 Å². The van der Waals surface area contributed by atoms with Crippen LogP contribution in [0.2, 0.25) is 0 Å². The Hall–Kier alpha value is -7.62. The molecule has 8 bridgehead atoms. The molecule has 0 unspecified atom stereocenters. The third kappa shape index (κ3) is 17.2. The molecule has 0 aliphatic heterocycles. The second-order valence-corrected chi connectivity index (χ2v) is 20.0. The van der Waals surface area contributed by atoms with Crippen LogP contribution >= 0.6 is 0 Å². The smallest absolute Gasteiger partial charge is 0.336 e. The number of hydrogen-bond acceptors (Lipinski definition) is 14. The molecule has 2 heterocycles. The summed E-state index contributed by atoms with van der Waals surface area (Å²) in [6.07, 6.45) is 4.53. The van der Waals surface area contributed by atoms with E-state index in [0.29, 0.717) is 141 Å². The largest absolute Gasteiger partial charge is 0.494 e. The molecule has 9 rings (SSSR count). The molecule has 1 aliphatic rings. The van der Waals surface area contributed by atoms with Crippen molar-refractivity contribution in [2.75, 3.05) is 92.5 Å². The third-order valence-electron chi connectivity index (χ3n) is 13.3. The van der Waals surface area contributed by atoms with Crippen LogP contribution in [0.15, 0.2) is 140 Å². The molecule has 0 fully saturated rings. The first-order chi connectivity index (χ1) is 39.1. The zero-order valence-corrected chi connectivity index (χ0v) is 46.4. The van der Waals surface area contributed by atoms with Crippen LogP contribution in [0.4, 0.5) is 0 Å². The molecule has 0 amide bonds. The molecule has 1 aliphatic carbocycles. The van der Waals surface area contributed by atoms with Gasteiger partial charge in [-0.05, 0) is 181 Å². The van der Waals surface area contributed by atoms with Crippen molar-refractivity contribution < 1.29 is 56.2 Å². The quantitative estimate of drug-likeness (QED) is 0.0338. The summed E-state index contributed by atoms with van der Waals surface area (Å²) in [4.78, 5) is 23.6. The van der Waals surface area contributed by atoms with Crippen LogP contribution < -0.4 is 39.7 Å². The topological polar surface area (TPSA) is 153 Å². The molecule has 0 spiro atoms. The number of benzene rings is 6. The van der Waals surface area contributed by atoms with Crippen molar-refractivity contribution in [3.05, 3.63) is 198 Å². The molecule has 0 saturated carbocycles. The average Bonchev–Trinajstić information content (AvgIpc) is 3.43. The maximum atomic E-state index is 11.8. The Morgan fingerprint density at radius 3 is 0.863 bits per heavy atom. The summed E-state index contributed by atoms with van der Waals surface area (Å²) in [5.74, 6) is 4.49. The maximum Gasteiger partial charge on any atom is 0.336 e. The minimum absolute atomic E-state index is 0.346. The number of rotatable bonds is 28. The molecule has 2 aromatic heterocycles. The summed E-state index contributed by atoms with van der Waals surface area (Å²) >= 11 is 0. The predicted octanol–water partition coefficient (Wildman–Crippen LogP) is 11.8. The molecule has 14 nitrogen and oxygen atoms in total. The van der Waals surface area contributed by atoms with E-state index in [9.17, 15) is 9.59 Å². The van der Waals surface area contributed by atoms with E-state index < -0.39 is 0 Å². The summed E-state index contributed by atoms with van der Waals surface area (Å²) < 4.78 is 71.1. The van der Waals surface area contributed by atoms with Gasteiger partial charge in [-0.25, -0.2) is 9.59 Å². The third-order valence-corrected chi connectivity index (χ3v) is 13.3. The van der Waals surface area contributed by atoms with E-state index in [1.165, 1.54) is 12.1 Å². The van der Waals surface area contributed by atoms with Crippen molar-refractivity contribution in [1.29, 1.82) is 0 Å². The van der Waals surface area contributed by atoms with E-state index in [1.807, 2.05) is 38.1 Å². The van der Waals surface area contributed by atoms with Crippen molar-refractivity contribution in [3.8, 4) is 34.5 Å². The second kappa shape index (κ2) is 29.0. The zero-order chi connectivity index (χ0) is 55.5. The van der Waals surface area contributed by atoms with Gasteiger partial charge in [0.1, 0.15) is 72.1 Å². The van der Waals surface area contributed by atoms with Crippen LogP contribution in [0.25, 0.3) is 21.9 Å². The van der Waals surface area contributed by atoms with Crippen LogP contribution in [-0.4, -0.2) is 92.5 Å². The molecule has 0 saturated heterocycles. The Bertz CT molecular complexity index is 3120. The summed E-state index contributed by atoms with van der Waals surface area (Å²) in [6.45, 7) is 13.9. The van der Waals surface area contributed by atoms with E-state index >= 15 is 0 Å².